The lowest BCUT2D eigenvalue weighted by molar-refractivity contribution is 0.654. The van der Waals surface area contributed by atoms with Crippen LogP contribution in [0, 0.1) is 0 Å². The summed E-state index contributed by atoms with van der Waals surface area (Å²) in [4.78, 5) is 6.69. The molecular formula is C13H17N3S. The number of benzene rings is 1. The molecule has 1 heterocycles. The lowest BCUT2D eigenvalue weighted by Crippen LogP contribution is -2.29. The molecule has 3 rings (SSSR count). The Hall–Kier alpha value is -1.29. The van der Waals surface area contributed by atoms with E-state index in [4.69, 9.17) is 5.73 Å². The summed E-state index contributed by atoms with van der Waals surface area (Å²) in [5.74, 6) is 0. The van der Waals surface area contributed by atoms with Gasteiger partial charge in [-0.05, 0) is 25.0 Å². The molecule has 1 aliphatic rings. The zero-order valence-electron chi connectivity index (χ0n) is 10.0. The second kappa shape index (κ2) is 4.18. The van der Waals surface area contributed by atoms with Gasteiger partial charge >= 0.3 is 0 Å². The fourth-order valence-electron chi connectivity index (χ4n) is 2.74. The largest absolute Gasteiger partial charge is 0.395 e. The molecule has 1 saturated carbocycles. The molecule has 0 bridgehead atoms. The van der Waals surface area contributed by atoms with Crippen molar-refractivity contribution in [2.75, 3.05) is 17.7 Å². The first kappa shape index (κ1) is 10.8. The molecule has 0 unspecified atom stereocenters. The van der Waals surface area contributed by atoms with Crippen LogP contribution in [0.15, 0.2) is 17.6 Å². The summed E-state index contributed by atoms with van der Waals surface area (Å²) >= 11 is 1.64. The highest BCUT2D eigenvalue weighted by Gasteiger charge is 2.21. The molecule has 1 aromatic heterocycles. The monoisotopic (exact) mass is 247 g/mol. The summed E-state index contributed by atoms with van der Waals surface area (Å²) < 4.78 is 1.17. The van der Waals surface area contributed by atoms with Gasteiger partial charge in [-0.1, -0.05) is 12.8 Å². The van der Waals surface area contributed by atoms with Crippen molar-refractivity contribution in [2.45, 2.75) is 31.7 Å². The van der Waals surface area contributed by atoms with E-state index in [1.165, 1.54) is 30.4 Å². The third-order valence-corrected chi connectivity index (χ3v) is 4.57. The lowest BCUT2D eigenvalue weighted by atomic mass is 10.1. The minimum Gasteiger partial charge on any atom is -0.395 e. The Kier molecular flexibility index (Phi) is 2.67. The van der Waals surface area contributed by atoms with E-state index in [2.05, 4.69) is 29.1 Å². The standard InChI is InChI=1S/C13H17N3S/c1-16(9-4-2-3-5-9)10-6-7-11-13(12(10)14)15-8-17-11/h6-9H,2-5,14H2,1H3. The molecule has 17 heavy (non-hydrogen) atoms. The Bertz CT molecular complexity index is 528. The Morgan fingerprint density at radius 1 is 1.35 bits per heavy atom. The maximum Gasteiger partial charge on any atom is 0.106 e. The molecule has 3 nitrogen and oxygen atoms in total. The number of rotatable bonds is 2. The van der Waals surface area contributed by atoms with E-state index in [9.17, 15) is 0 Å². The molecule has 1 aromatic carbocycles. The van der Waals surface area contributed by atoms with Crippen molar-refractivity contribution >= 4 is 32.9 Å². The minimum atomic E-state index is 0.647. The average molecular weight is 247 g/mol. The molecule has 1 aliphatic carbocycles. The molecule has 0 aliphatic heterocycles. The van der Waals surface area contributed by atoms with E-state index in [1.807, 2.05) is 5.51 Å². The molecule has 0 amide bonds. The van der Waals surface area contributed by atoms with Gasteiger partial charge in [-0.3, -0.25) is 0 Å². The number of anilines is 2. The normalized spacial score (nSPS) is 16.8. The van der Waals surface area contributed by atoms with E-state index in [-0.39, 0.29) is 0 Å². The molecular weight excluding hydrogens is 230 g/mol. The van der Waals surface area contributed by atoms with Crippen molar-refractivity contribution in [1.82, 2.24) is 4.98 Å². The van der Waals surface area contributed by atoms with Crippen LogP contribution in [0.2, 0.25) is 0 Å². The lowest BCUT2D eigenvalue weighted by Gasteiger charge is -2.27. The van der Waals surface area contributed by atoms with Gasteiger partial charge in [0.1, 0.15) is 5.52 Å². The predicted octanol–water partition coefficient (Wildman–Crippen LogP) is 3.26. The molecule has 0 spiro atoms. The first-order chi connectivity index (χ1) is 8.27. The van der Waals surface area contributed by atoms with Gasteiger partial charge in [0, 0.05) is 13.1 Å². The van der Waals surface area contributed by atoms with Crippen molar-refractivity contribution in [3.63, 3.8) is 0 Å². The number of thiazole rings is 1. The Labute approximate surface area is 105 Å². The summed E-state index contributed by atoms with van der Waals surface area (Å²) in [6.07, 6.45) is 5.25. The van der Waals surface area contributed by atoms with Crippen molar-refractivity contribution in [1.29, 1.82) is 0 Å². The third-order valence-electron chi connectivity index (χ3n) is 3.77. The van der Waals surface area contributed by atoms with Crippen LogP contribution < -0.4 is 10.6 Å². The summed E-state index contributed by atoms with van der Waals surface area (Å²) in [6.45, 7) is 0. The fourth-order valence-corrected chi connectivity index (χ4v) is 3.43. The molecule has 2 N–H and O–H groups in total. The van der Waals surface area contributed by atoms with Crippen LogP contribution in [0.5, 0.6) is 0 Å². The van der Waals surface area contributed by atoms with Crippen LogP contribution in [-0.2, 0) is 0 Å². The summed E-state index contributed by atoms with van der Waals surface area (Å²) in [5.41, 5.74) is 11.0. The number of nitrogens with two attached hydrogens (primary N) is 1. The highest BCUT2D eigenvalue weighted by Crippen LogP contribution is 2.35. The number of hydrogen-bond donors (Lipinski definition) is 1. The molecule has 1 fully saturated rings. The first-order valence-electron chi connectivity index (χ1n) is 6.12. The van der Waals surface area contributed by atoms with Crippen molar-refractivity contribution in [3.05, 3.63) is 17.6 Å². The van der Waals surface area contributed by atoms with Gasteiger partial charge < -0.3 is 10.6 Å². The minimum absolute atomic E-state index is 0.647. The predicted molar refractivity (Wildman–Crippen MR) is 74.7 cm³/mol. The smallest absolute Gasteiger partial charge is 0.106 e. The number of aromatic nitrogens is 1. The van der Waals surface area contributed by atoms with Gasteiger partial charge in [-0.25, -0.2) is 4.98 Å². The van der Waals surface area contributed by atoms with Gasteiger partial charge in [0.2, 0.25) is 0 Å². The van der Waals surface area contributed by atoms with Gasteiger partial charge in [0.05, 0.1) is 21.6 Å². The molecule has 0 atom stereocenters. The maximum atomic E-state index is 6.23. The zero-order valence-corrected chi connectivity index (χ0v) is 10.8. The van der Waals surface area contributed by atoms with Crippen LogP contribution in [0.4, 0.5) is 11.4 Å². The van der Waals surface area contributed by atoms with Crippen LogP contribution in [0.1, 0.15) is 25.7 Å². The van der Waals surface area contributed by atoms with Crippen molar-refractivity contribution < 1.29 is 0 Å². The molecule has 0 saturated heterocycles. The van der Waals surface area contributed by atoms with Gasteiger partial charge in [-0.15, -0.1) is 11.3 Å². The first-order valence-corrected chi connectivity index (χ1v) is 7.00. The van der Waals surface area contributed by atoms with E-state index in [1.54, 1.807) is 11.3 Å². The Morgan fingerprint density at radius 2 is 2.12 bits per heavy atom. The second-order valence-electron chi connectivity index (χ2n) is 4.75. The van der Waals surface area contributed by atoms with E-state index < -0.39 is 0 Å². The van der Waals surface area contributed by atoms with Gasteiger partial charge in [0.25, 0.3) is 0 Å². The fraction of sp³-hybridized carbons (Fsp3) is 0.462. The number of nitrogens with zero attached hydrogens (tertiary/aromatic N) is 2. The number of fused-ring (bicyclic) bond motifs is 1. The van der Waals surface area contributed by atoms with Crippen LogP contribution in [0.25, 0.3) is 10.2 Å². The maximum absolute atomic E-state index is 6.23. The second-order valence-corrected chi connectivity index (χ2v) is 5.63. The van der Waals surface area contributed by atoms with Crippen molar-refractivity contribution in [2.24, 2.45) is 0 Å². The SMILES string of the molecule is CN(c1ccc2scnc2c1N)C1CCCC1. The summed E-state index contributed by atoms with van der Waals surface area (Å²) in [7, 11) is 2.15. The molecule has 2 aromatic rings. The quantitative estimate of drug-likeness (QED) is 0.828. The van der Waals surface area contributed by atoms with Crippen molar-refractivity contribution in [3.8, 4) is 0 Å². The Morgan fingerprint density at radius 3 is 2.88 bits per heavy atom. The van der Waals surface area contributed by atoms with E-state index in [0.29, 0.717) is 6.04 Å². The topological polar surface area (TPSA) is 42.2 Å². The van der Waals surface area contributed by atoms with E-state index >= 15 is 0 Å². The molecule has 4 heteroatoms. The van der Waals surface area contributed by atoms with Gasteiger partial charge in [0.15, 0.2) is 0 Å². The molecule has 0 radical (unpaired) electrons. The zero-order chi connectivity index (χ0) is 11.8. The highest BCUT2D eigenvalue weighted by atomic mass is 32.1. The number of nitrogen functional groups attached to an aromatic ring is 1. The molecule has 90 valence electrons. The van der Waals surface area contributed by atoms with Crippen LogP contribution in [-0.4, -0.2) is 18.1 Å². The van der Waals surface area contributed by atoms with Crippen LogP contribution in [0.3, 0.4) is 0 Å². The van der Waals surface area contributed by atoms with E-state index in [0.717, 1.165) is 16.9 Å². The summed E-state index contributed by atoms with van der Waals surface area (Å²) in [6, 6.07) is 4.91. The third kappa shape index (κ3) is 1.76. The number of hydrogen-bond acceptors (Lipinski definition) is 4. The summed E-state index contributed by atoms with van der Waals surface area (Å²) in [5, 5.41) is 0. The average Bonchev–Trinajstić information content (AvgIpc) is 3.00. The highest BCUT2D eigenvalue weighted by molar-refractivity contribution is 7.16. The van der Waals surface area contributed by atoms with Gasteiger partial charge in [-0.2, -0.15) is 0 Å². The van der Waals surface area contributed by atoms with Crippen LogP contribution >= 0.6 is 11.3 Å². The Balaban J connectivity index is 2.01.